The summed E-state index contributed by atoms with van der Waals surface area (Å²) in [4.78, 5) is 15.0. The summed E-state index contributed by atoms with van der Waals surface area (Å²) in [5, 5.41) is 0.466. The highest BCUT2D eigenvalue weighted by atomic mass is 79.9. The van der Waals surface area contributed by atoms with Crippen molar-refractivity contribution in [2.75, 3.05) is 7.11 Å². The maximum atomic E-state index is 10.9. The van der Waals surface area contributed by atoms with Crippen molar-refractivity contribution in [1.82, 2.24) is 4.98 Å². The van der Waals surface area contributed by atoms with Gasteiger partial charge in [-0.05, 0) is 28.1 Å². The zero-order chi connectivity index (χ0) is 9.84. The van der Waals surface area contributed by atoms with E-state index in [4.69, 9.17) is 11.6 Å². The minimum atomic E-state index is -0.354. The van der Waals surface area contributed by atoms with E-state index in [0.29, 0.717) is 15.3 Å². The van der Waals surface area contributed by atoms with E-state index in [-0.39, 0.29) is 12.4 Å². The lowest BCUT2D eigenvalue weighted by Gasteiger charge is -2.01. The topological polar surface area (TPSA) is 39.2 Å². The van der Waals surface area contributed by atoms with Crippen molar-refractivity contribution in [2.24, 2.45) is 0 Å². The number of esters is 1. The van der Waals surface area contributed by atoms with Crippen LogP contribution in [0.2, 0.25) is 5.02 Å². The maximum absolute atomic E-state index is 10.9. The van der Waals surface area contributed by atoms with Gasteiger partial charge in [0.15, 0.2) is 0 Å². The van der Waals surface area contributed by atoms with Crippen LogP contribution in [0.15, 0.2) is 16.7 Å². The lowest BCUT2D eigenvalue weighted by molar-refractivity contribution is -0.139. The molecular formula is C8H7BrClNO2. The van der Waals surface area contributed by atoms with Gasteiger partial charge in [-0.25, -0.2) is 4.98 Å². The highest BCUT2D eigenvalue weighted by Gasteiger charge is 2.08. The number of aromatic nitrogens is 1. The molecule has 70 valence electrons. The number of carbonyl (C=O) groups is 1. The average molecular weight is 265 g/mol. The Hall–Kier alpha value is -0.610. The largest absolute Gasteiger partial charge is 0.469 e. The highest BCUT2D eigenvalue weighted by Crippen LogP contribution is 2.17. The second kappa shape index (κ2) is 4.58. The molecule has 0 aromatic carbocycles. The Bertz CT molecular complexity index is 330. The molecule has 1 aromatic rings. The Labute approximate surface area is 89.2 Å². The smallest absolute Gasteiger partial charge is 0.311 e. The quantitative estimate of drug-likeness (QED) is 0.607. The van der Waals surface area contributed by atoms with Crippen LogP contribution in [0, 0.1) is 0 Å². The molecule has 0 aliphatic rings. The molecule has 0 spiro atoms. The second-order valence-electron chi connectivity index (χ2n) is 2.32. The first-order valence-electron chi connectivity index (χ1n) is 3.51. The summed E-state index contributed by atoms with van der Waals surface area (Å²) >= 11 is 8.99. The third kappa shape index (κ3) is 2.97. The molecule has 0 atom stereocenters. The molecule has 0 aliphatic heterocycles. The van der Waals surface area contributed by atoms with Crippen molar-refractivity contribution in [3.63, 3.8) is 0 Å². The molecule has 0 N–H and O–H groups in total. The summed E-state index contributed by atoms with van der Waals surface area (Å²) < 4.78 is 5.15. The van der Waals surface area contributed by atoms with E-state index in [1.165, 1.54) is 7.11 Å². The van der Waals surface area contributed by atoms with Gasteiger partial charge in [0.05, 0.1) is 24.2 Å². The number of rotatable bonds is 2. The van der Waals surface area contributed by atoms with Crippen molar-refractivity contribution in [1.29, 1.82) is 0 Å². The first-order chi connectivity index (χ1) is 6.13. The third-order valence-electron chi connectivity index (χ3n) is 1.42. The molecule has 5 heteroatoms. The fourth-order valence-corrected chi connectivity index (χ4v) is 1.31. The predicted molar refractivity (Wildman–Crippen MR) is 52.7 cm³/mol. The molecule has 1 aromatic heterocycles. The van der Waals surface area contributed by atoms with Crippen LogP contribution in [0.3, 0.4) is 0 Å². The minimum absolute atomic E-state index is 0.0920. The summed E-state index contributed by atoms with van der Waals surface area (Å²) in [7, 11) is 1.33. The fourth-order valence-electron chi connectivity index (χ4n) is 0.791. The molecule has 0 saturated carbocycles. The summed E-state index contributed by atoms with van der Waals surface area (Å²) in [5.41, 5.74) is 0.517. The fraction of sp³-hybridized carbons (Fsp3) is 0.250. The second-order valence-corrected chi connectivity index (χ2v) is 3.54. The van der Waals surface area contributed by atoms with Gasteiger partial charge < -0.3 is 4.74 Å². The number of halogens is 2. The van der Waals surface area contributed by atoms with Gasteiger partial charge in [-0.15, -0.1) is 0 Å². The molecule has 0 unspecified atom stereocenters. The van der Waals surface area contributed by atoms with Crippen molar-refractivity contribution in [3.8, 4) is 0 Å². The van der Waals surface area contributed by atoms with E-state index in [2.05, 4.69) is 25.7 Å². The average Bonchev–Trinajstić information content (AvgIpc) is 2.11. The highest BCUT2D eigenvalue weighted by molar-refractivity contribution is 9.10. The van der Waals surface area contributed by atoms with Gasteiger partial charge >= 0.3 is 5.97 Å². The van der Waals surface area contributed by atoms with E-state index in [9.17, 15) is 4.79 Å². The van der Waals surface area contributed by atoms with E-state index >= 15 is 0 Å². The first kappa shape index (κ1) is 10.5. The van der Waals surface area contributed by atoms with Gasteiger partial charge in [0.2, 0.25) is 0 Å². The van der Waals surface area contributed by atoms with Crippen LogP contribution < -0.4 is 0 Å². The van der Waals surface area contributed by atoms with Gasteiger partial charge in [0.25, 0.3) is 0 Å². The molecule has 3 nitrogen and oxygen atoms in total. The zero-order valence-corrected chi connectivity index (χ0v) is 9.22. The number of methoxy groups -OCH3 is 1. The van der Waals surface area contributed by atoms with Gasteiger partial charge in [0.1, 0.15) is 4.60 Å². The van der Waals surface area contributed by atoms with E-state index in [1.54, 1.807) is 12.1 Å². The number of pyridine rings is 1. The van der Waals surface area contributed by atoms with Crippen LogP contribution in [-0.4, -0.2) is 18.1 Å². The van der Waals surface area contributed by atoms with Crippen LogP contribution in [0.5, 0.6) is 0 Å². The number of ether oxygens (including phenoxy) is 1. The SMILES string of the molecule is COC(=O)Cc1nc(Br)ccc1Cl. The molecule has 0 saturated heterocycles. The summed E-state index contributed by atoms with van der Waals surface area (Å²) in [6.07, 6.45) is 0.0920. The molecule has 1 heterocycles. The number of nitrogens with zero attached hydrogens (tertiary/aromatic N) is 1. The van der Waals surface area contributed by atoms with Crippen LogP contribution in [0.25, 0.3) is 0 Å². The van der Waals surface area contributed by atoms with Gasteiger partial charge in [-0.1, -0.05) is 11.6 Å². The van der Waals surface area contributed by atoms with Crippen LogP contribution in [0.4, 0.5) is 0 Å². The predicted octanol–water partition coefficient (Wildman–Crippen LogP) is 2.21. The lowest BCUT2D eigenvalue weighted by atomic mass is 10.3. The zero-order valence-electron chi connectivity index (χ0n) is 6.88. The minimum Gasteiger partial charge on any atom is -0.469 e. The first-order valence-corrected chi connectivity index (χ1v) is 4.68. The molecule has 0 fully saturated rings. The van der Waals surface area contributed by atoms with E-state index in [1.807, 2.05) is 0 Å². The number of hydrogen-bond donors (Lipinski definition) is 0. The molecule has 0 aliphatic carbocycles. The van der Waals surface area contributed by atoms with Gasteiger partial charge in [-0.3, -0.25) is 4.79 Å². The van der Waals surface area contributed by atoms with Crippen molar-refractivity contribution < 1.29 is 9.53 Å². The monoisotopic (exact) mass is 263 g/mol. The summed E-state index contributed by atoms with van der Waals surface area (Å²) in [6, 6.07) is 3.39. The summed E-state index contributed by atoms with van der Waals surface area (Å²) in [6.45, 7) is 0. The molecule has 0 bridgehead atoms. The van der Waals surface area contributed by atoms with Crippen molar-refractivity contribution in [3.05, 3.63) is 27.5 Å². The van der Waals surface area contributed by atoms with Crippen LogP contribution in [0.1, 0.15) is 5.69 Å². The molecule has 0 amide bonds. The van der Waals surface area contributed by atoms with E-state index in [0.717, 1.165) is 0 Å². The van der Waals surface area contributed by atoms with Crippen LogP contribution in [-0.2, 0) is 16.0 Å². The Kier molecular flexibility index (Phi) is 3.69. The number of carbonyl (C=O) groups excluding carboxylic acids is 1. The van der Waals surface area contributed by atoms with Gasteiger partial charge in [0, 0.05) is 0 Å². The Morgan fingerprint density at radius 2 is 2.38 bits per heavy atom. The Morgan fingerprint density at radius 1 is 1.69 bits per heavy atom. The maximum Gasteiger partial charge on any atom is 0.311 e. The molecule has 0 radical (unpaired) electrons. The Morgan fingerprint density at radius 3 is 3.00 bits per heavy atom. The third-order valence-corrected chi connectivity index (χ3v) is 2.21. The molecule has 1 rings (SSSR count). The van der Waals surface area contributed by atoms with Crippen molar-refractivity contribution in [2.45, 2.75) is 6.42 Å². The lowest BCUT2D eigenvalue weighted by Crippen LogP contribution is -2.06. The summed E-state index contributed by atoms with van der Waals surface area (Å²) in [5.74, 6) is -0.354. The van der Waals surface area contributed by atoms with E-state index < -0.39 is 0 Å². The molecular weight excluding hydrogens is 257 g/mol. The van der Waals surface area contributed by atoms with Gasteiger partial charge in [-0.2, -0.15) is 0 Å². The normalized spacial score (nSPS) is 9.77. The Balaban J connectivity index is 2.87. The van der Waals surface area contributed by atoms with Crippen LogP contribution >= 0.6 is 27.5 Å². The standard InChI is InChI=1S/C8H7BrClNO2/c1-13-8(12)4-6-5(10)2-3-7(9)11-6/h2-3H,4H2,1H3. The number of hydrogen-bond acceptors (Lipinski definition) is 3. The molecule has 13 heavy (non-hydrogen) atoms. The van der Waals surface area contributed by atoms with Crippen molar-refractivity contribution >= 4 is 33.5 Å².